The number of nitrogens with one attached hydrogen (secondary N) is 2. The van der Waals surface area contributed by atoms with Crippen LogP contribution in [0.5, 0.6) is 0 Å². The molecule has 1 saturated heterocycles. The number of hydrogen-bond donors (Lipinski definition) is 2. The summed E-state index contributed by atoms with van der Waals surface area (Å²) >= 11 is 0. The number of aryl methyl sites for hydroxylation is 1. The third-order valence-electron chi connectivity index (χ3n) is 5.18. The first-order valence-electron chi connectivity index (χ1n) is 9.38. The zero-order chi connectivity index (χ0) is 17.8. The van der Waals surface area contributed by atoms with E-state index in [4.69, 9.17) is 0 Å². The van der Waals surface area contributed by atoms with E-state index < -0.39 is 0 Å². The number of amides is 1. The molecule has 1 aromatic heterocycles. The zero-order valence-electron chi connectivity index (χ0n) is 14.9. The second kappa shape index (κ2) is 7.75. The van der Waals surface area contributed by atoms with Crippen LogP contribution in [-0.2, 0) is 17.8 Å². The summed E-state index contributed by atoms with van der Waals surface area (Å²) in [6, 6.07) is 19.0. The monoisotopic (exact) mass is 347 g/mol. The van der Waals surface area contributed by atoms with Crippen molar-refractivity contribution in [3.8, 4) is 0 Å². The molecule has 4 heteroatoms. The van der Waals surface area contributed by atoms with Gasteiger partial charge in [-0.25, -0.2) is 0 Å². The number of nitrogens with zero attached hydrogens (tertiary/aromatic N) is 1. The van der Waals surface area contributed by atoms with Crippen molar-refractivity contribution in [2.75, 3.05) is 13.1 Å². The zero-order valence-corrected chi connectivity index (χ0v) is 14.9. The van der Waals surface area contributed by atoms with Crippen LogP contribution < -0.4 is 5.32 Å². The third kappa shape index (κ3) is 3.97. The number of carbonyl (C=O) groups is 1. The molecule has 2 N–H and O–H groups in total. The van der Waals surface area contributed by atoms with Gasteiger partial charge in [-0.2, -0.15) is 0 Å². The Hall–Kier alpha value is -2.59. The fourth-order valence-electron chi connectivity index (χ4n) is 3.82. The lowest BCUT2D eigenvalue weighted by atomic mass is 10.1. The largest absolute Gasteiger partial charge is 0.361 e. The third-order valence-corrected chi connectivity index (χ3v) is 5.18. The molecule has 2 heterocycles. The predicted molar refractivity (Wildman–Crippen MR) is 105 cm³/mol. The second-order valence-electron chi connectivity index (χ2n) is 7.13. The molecule has 0 bridgehead atoms. The van der Waals surface area contributed by atoms with Crippen LogP contribution in [0.3, 0.4) is 0 Å². The Morgan fingerprint density at radius 2 is 1.92 bits per heavy atom. The van der Waals surface area contributed by atoms with Gasteiger partial charge in [0.1, 0.15) is 0 Å². The molecule has 0 unspecified atom stereocenters. The number of likely N-dealkylation sites (tertiary alicyclic amines) is 1. The summed E-state index contributed by atoms with van der Waals surface area (Å²) in [6.45, 7) is 2.94. The molecule has 1 fully saturated rings. The number of carbonyl (C=O) groups excluding carboxylic acids is 1. The number of aromatic nitrogens is 1. The van der Waals surface area contributed by atoms with Crippen molar-refractivity contribution >= 4 is 16.8 Å². The molecule has 0 saturated carbocycles. The molecule has 0 spiro atoms. The summed E-state index contributed by atoms with van der Waals surface area (Å²) in [6.07, 6.45) is 4.37. The van der Waals surface area contributed by atoms with Crippen molar-refractivity contribution < 1.29 is 4.79 Å². The Bertz CT molecular complexity index is 871. The molecule has 1 aliphatic rings. The van der Waals surface area contributed by atoms with Gasteiger partial charge in [-0.3, -0.25) is 9.69 Å². The van der Waals surface area contributed by atoms with E-state index >= 15 is 0 Å². The van der Waals surface area contributed by atoms with E-state index in [9.17, 15) is 4.79 Å². The molecule has 1 amide bonds. The number of para-hydroxylation sites is 1. The average molecular weight is 347 g/mol. The van der Waals surface area contributed by atoms with E-state index in [1.807, 2.05) is 24.4 Å². The highest BCUT2D eigenvalue weighted by atomic mass is 16.1. The van der Waals surface area contributed by atoms with Crippen molar-refractivity contribution in [3.05, 3.63) is 71.9 Å². The molecule has 2 aromatic carbocycles. The van der Waals surface area contributed by atoms with E-state index in [0.29, 0.717) is 6.42 Å². The molecular weight excluding hydrogens is 322 g/mol. The molecule has 26 heavy (non-hydrogen) atoms. The maximum absolute atomic E-state index is 12.4. The number of H-pyrrole nitrogens is 1. The van der Waals surface area contributed by atoms with Crippen LogP contribution in [-0.4, -0.2) is 34.9 Å². The minimum atomic E-state index is 0.154. The van der Waals surface area contributed by atoms with E-state index in [-0.39, 0.29) is 11.9 Å². The number of benzene rings is 2. The quantitative estimate of drug-likeness (QED) is 0.717. The Balaban J connectivity index is 1.25. The minimum Gasteiger partial charge on any atom is -0.361 e. The molecule has 1 atom stereocenters. The Morgan fingerprint density at radius 1 is 1.12 bits per heavy atom. The van der Waals surface area contributed by atoms with Gasteiger partial charge in [0.15, 0.2) is 0 Å². The predicted octanol–water partition coefficient (Wildman–Crippen LogP) is 3.49. The van der Waals surface area contributed by atoms with Crippen molar-refractivity contribution in [3.63, 3.8) is 0 Å². The molecular formula is C22H25N3O. The van der Waals surface area contributed by atoms with Gasteiger partial charge >= 0.3 is 0 Å². The maximum atomic E-state index is 12.4. The van der Waals surface area contributed by atoms with Crippen molar-refractivity contribution in [2.24, 2.45) is 0 Å². The standard InChI is InChI=1S/C22H25N3O/c26-22(11-10-18-14-23-21-9-5-4-8-20(18)21)24-19-12-13-25(16-19)15-17-6-2-1-3-7-17/h1-9,14,19,23H,10-13,15-16H2,(H,24,26)/t19-/m0/s1. The lowest BCUT2D eigenvalue weighted by Gasteiger charge is -2.16. The molecule has 0 aliphatic carbocycles. The van der Waals surface area contributed by atoms with Gasteiger partial charge < -0.3 is 10.3 Å². The number of fused-ring (bicyclic) bond motifs is 1. The van der Waals surface area contributed by atoms with Crippen LogP contribution in [0.15, 0.2) is 60.8 Å². The van der Waals surface area contributed by atoms with Crippen LogP contribution >= 0.6 is 0 Å². The van der Waals surface area contributed by atoms with E-state index in [1.54, 1.807) is 0 Å². The molecule has 0 radical (unpaired) electrons. The summed E-state index contributed by atoms with van der Waals surface area (Å²) in [5, 5.41) is 4.43. The van der Waals surface area contributed by atoms with Gasteiger partial charge in [0.25, 0.3) is 0 Å². The topological polar surface area (TPSA) is 48.1 Å². The Labute approximate surface area is 154 Å². The van der Waals surface area contributed by atoms with Gasteiger partial charge in [-0.05, 0) is 30.0 Å². The Kier molecular flexibility index (Phi) is 5.02. The normalized spacial score (nSPS) is 17.6. The summed E-state index contributed by atoms with van der Waals surface area (Å²) in [7, 11) is 0. The van der Waals surface area contributed by atoms with E-state index in [0.717, 1.165) is 38.0 Å². The SMILES string of the molecule is O=C(CCc1c[nH]c2ccccc12)N[C@H]1CCN(Cc2ccccc2)C1. The lowest BCUT2D eigenvalue weighted by Crippen LogP contribution is -2.37. The maximum Gasteiger partial charge on any atom is 0.220 e. The first kappa shape index (κ1) is 16.9. The highest BCUT2D eigenvalue weighted by molar-refractivity contribution is 5.84. The summed E-state index contributed by atoms with van der Waals surface area (Å²) < 4.78 is 0. The summed E-state index contributed by atoms with van der Waals surface area (Å²) in [5.74, 6) is 0.154. The van der Waals surface area contributed by atoms with Crippen molar-refractivity contribution in [1.82, 2.24) is 15.2 Å². The van der Waals surface area contributed by atoms with Gasteiger partial charge in [-0.1, -0.05) is 48.5 Å². The number of rotatable bonds is 6. The molecule has 4 nitrogen and oxygen atoms in total. The van der Waals surface area contributed by atoms with Crippen molar-refractivity contribution in [1.29, 1.82) is 0 Å². The average Bonchev–Trinajstić information content (AvgIpc) is 3.28. The molecule has 1 aliphatic heterocycles. The summed E-state index contributed by atoms with van der Waals surface area (Å²) in [4.78, 5) is 18.0. The van der Waals surface area contributed by atoms with Crippen LogP contribution in [0.1, 0.15) is 24.0 Å². The number of aromatic amines is 1. The smallest absolute Gasteiger partial charge is 0.220 e. The molecule has 4 rings (SSSR count). The highest BCUT2D eigenvalue weighted by Crippen LogP contribution is 2.19. The Morgan fingerprint density at radius 3 is 2.81 bits per heavy atom. The van der Waals surface area contributed by atoms with Crippen LogP contribution in [0.25, 0.3) is 10.9 Å². The number of hydrogen-bond acceptors (Lipinski definition) is 2. The molecule has 3 aromatic rings. The van der Waals surface area contributed by atoms with Crippen LogP contribution in [0, 0.1) is 0 Å². The first-order valence-corrected chi connectivity index (χ1v) is 9.38. The van der Waals surface area contributed by atoms with E-state index in [2.05, 4.69) is 51.6 Å². The molecule has 134 valence electrons. The first-order chi connectivity index (χ1) is 12.8. The lowest BCUT2D eigenvalue weighted by molar-refractivity contribution is -0.121. The van der Waals surface area contributed by atoms with Gasteiger partial charge in [0.2, 0.25) is 5.91 Å². The summed E-state index contributed by atoms with van der Waals surface area (Å²) in [5.41, 5.74) is 3.68. The van der Waals surface area contributed by atoms with Gasteiger partial charge in [0, 0.05) is 49.2 Å². The highest BCUT2D eigenvalue weighted by Gasteiger charge is 2.23. The van der Waals surface area contributed by atoms with Gasteiger partial charge in [0.05, 0.1) is 0 Å². The minimum absolute atomic E-state index is 0.154. The van der Waals surface area contributed by atoms with Crippen LogP contribution in [0.2, 0.25) is 0 Å². The second-order valence-corrected chi connectivity index (χ2v) is 7.13. The van der Waals surface area contributed by atoms with Crippen LogP contribution in [0.4, 0.5) is 0 Å². The van der Waals surface area contributed by atoms with E-state index in [1.165, 1.54) is 16.5 Å². The fourth-order valence-corrected chi connectivity index (χ4v) is 3.82. The van der Waals surface area contributed by atoms with Crippen molar-refractivity contribution in [2.45, 2.75) is 31.8 Å². The fraction of sp³-hybridized carbons (Fsp3) is 0.318. The van der Waals surface area contributed by atoms with Gasteiger partial charge in [-0.15, -0.1) is 0 Å².